The van der Waals surface area contributed by atoms with Crippen LogP contribution >= 0.6 is 12.6 Å². The van der Waals surface area contributed by atoms with Crippen molar-refractivity contribution in [1.29, 1.82) is 0 Å². The lowest BCUT2D eigenvalue weighted by molar-refractivity contribution is 0.0169. The lowest BCUT2D eigenvalue weighted by Gasteiger charge is -2.24. The van der Waals surface area contributed by atoms with E-state index in [9.17, 15) is 4.79 Å². The fourth-order valence-electron chi connectivity index (χ4n) is 0.989. The topological polar surface area (TPSA) is 46.5 Å². The lowest BCUT2D eigenvalue weighted by atomic mass is 10.0. The number of carbonyl (C=O) groups is 1. The van der Waals surface area contributed by atoms with E-state index in [2.05, 4.69) is 12.6 Å². The first-order valence-electron chi connectivity index (χ1n) is 3.43. The Balaban J connectivity index is 3.89. The van der Waals surface area contributed by atoms with E-state index < -0.39 is 17.0 Å². The molecular weight excluding hydrogens is 164 g/mol. The number of rotatable bonds is 3. The first-order chi connectivity index (χ1) is 4.83. The molecule has 1 atom stereocenters. The third-order valence-electron chi connectivity index (χ3n) is 1.15. The van der Waals surface area contributed by atoms with E-state index in [0.717, 1.165) is 0 Å². The summed E-state index contributed by atoms with van der Waals surface area (Å²) in [6.45, 7) is 5.11. The summed E-state index contributed by atoms with van der Waals surface area (Å²) in [7, 11) is 0. The Bertz CT molecular complexity index is 143. The van der Waals surface area contributed by atoms with Crippen LogP contribution in [0.1, 0.15) is 27.2 Å². The first kappa shape index (κ1) is 10.8. The van der Waals surface area contributed by atoms with E-state index >= 15 is 0 Å². The molecule has 0 saturated carbocycles. The molecule has 0 bridgehead atoms. The summed E-state index contributed by atoms with van der Waals surface area (Å²) >= 11 is 3.47. The van der Waals surface area contributed by atoms with Gasteiger partial charge in [0.15, 0.2) is 0 Å². The molecular formula is C7H14O3S. The van der Waals surface area contributed by atoms with Crippen molar-refractivity contribution < 1.29 is 14.6 Å². The zero-order chi connectivity index (χ0) is 9.07. The van der Waals surface area contributed by atoms with Crippen molar-refractivity contribution in [3.63, 3.8) is 0 Å². The number of ether oxygens (including phenoxy) is 1. The van der Waals surface area contributed by atoms with Gasteiger partial charge in [-0.2, -0.15) is 0 Å². The second kappa shape index (κ2) is 3.97. The molecule has 66 valence electrons. The molecule has 11 heavy (non-hydrogen) atoms. The highest BCUT2D eigenvalue weighted by atomic mass is 32.1. The van der Waals surface area contributed by atoms with Crippen LogP contribution in [0, 0.1) is 0 Å². The van der Waals surface area contributed by atoms with Crippen LogP contribution in [0.4, 0.5) is 4.79 Å². The monoisotopic (exact) mass is 178 g/mol. The van der Waals surface area contributed by atoms with Gasteiger partial charge in [-0.25, -0.2) is 4.79 Å². The minimum atomic E-state index is -0.632. The number of aliphatic hydroxyl groups is 1. The van der Waals surface area contributed by atoms with Gasteiger partial charge >= 0.3 is 5.30 Å². The van der Waals surface area contributed by atoms with Gasteiger partial charge in [0.05, 0.1) is 6.10 Å². The molecule has 0 aromatic heterocycles. The highest BCUT2D eigenvalue weighted by Crippen LogP contribution is 2.17. The van der Waals surface area contributed by atoms with Crippen molar-refractivity contribution in [1.82, 2.24) is 0 Å². The minimum Gasteiger partial charge on any atom is -0.452 e. The molecule has 0 aliphatic heterocycles. The van der Waals surface area contributed by atoms with Gasteiger partial charge in [-0.1, -0.05) is 12.6 Å². The third-order valence-corrected chi connectivity index (χ3v) is 1.24. The fraction of sp³-hybridized carbons (Fsp3) is 0.857. The maximum absolute atomic E-state index is 10.4. The van der Waals surface area contributed by atoms with Crippen LogP contribution in [0.25, 0.3) is 0 Å². The van der Waals surface area contributed by atoms with Crippen LogP contribution in [-0.2, 0) is 4.74 Å². The number of hydrogen-bond donors (Lipinski definition) is 2. The Morgan fingerprint density at radius 3 is 2.45 bits per heavy atom. The molecule has 0 rings (SSSR count). The normalized spacial score (nSPS) is 14.3. The standard InChI is InChI=1S/C7H14O3S/c1-5(8)4-7(2,3)10-6(9)11/h5,8H,4H2,1-3H3,(H,9,11)/t5-/m0/s1. The number of thiol groups is 1. The van der Waals surface area contributed by atoms with E-state index in [4.69, 9.17) is 9.84 Å². The molecule has 0 fully saturated rings. The van der Waals surface area contributed by atoms with Gasteiger partial charge in [0.25, 0.3) is 0 Å². The molecule has 0 aliphatic carbocycles. The summed E-state index contributed by atoms with van der Waals surface area (Å²) < 4.78 is 4.81. The van der Waals surface area contributed by atoms with Crippen LogP contribution in [0.15, 0.2) is 0 Å². The van der Waals surface area contributed by atoms with Crippen molar-refractivity contribution >= 4 is 17.9 Å². The molecule has 1 N–H and O–H groups in total. The van der Waals surface area contributed by atoms with E-state index in [-0.39, 0.29) is 0 Å². The highest BCUT2D eigenvalue weighted by Gasteiger charge is 2.23. The molecule has 0 heterocycles. The molecule has 4 heteroatoms. The third kappa shape index (κ3) is 6.19. The van der Waals surface area contributed by atoms with Crippen molar-refractivity contribution in [2.75, 3.05) is 0 Å². The second-order valence-corrected chi connectivity index (χ2v) is 3.55. The Hall–Kier alpha value is -0.220. The summed E-state index contributed by atoms with van der Waals surface area (Å²) in [5.41, 5.74) is -0.632. The van der Waals surface area contributed by atoms with Gasteiger partial charge in [-0.05, 0) is 20.8 Å². The Morgan fingerprint density at radius 1 is 1.73 bits per heavy atom. The van der Waals surface area contributed by atoms with Gasteiger partial charge in [-0.3, -0.25) is 0 Å². The van der Waals surface area contributed by atoms with Crippen molar-refractivity contribution in [2.45, 2.75) is 38.9 Å². The number of carbonyl (C=O) groups excluding carboxylic acids is 1. The molecule has 0 saturated heterocycles. The van der Waals surface area contributed by atoms with Gasteiger partial charge in [-0.15, -0.1) is 0 Å². The van der Waals surface area contributed by atoms with Gasteiger partial charge in [0.1, 0.15) is 5.60 Å². The summed E-state index contributed by atoms with van der Waals surface area (Å²) in [5.74, 6) is 0. The van der Waals surface area contributed by atoms with Gasteiger partial charge < -0.3 is 9.84 Å². The van der Waals surface area contributed by atoms with E-state index in [0.29, 0.717) is 6.42 Å². The van der Waals surface area contributed by atoms with Crippen LogP contribution in [0.2, 0.25) is 0 Å². The van der Waals surface area contributed by atoms with Crippen molar-refractivity contribution in [2.24, 2.45) is 0 Å². The zero-order valence-corrected chi connectivity index (χ0v) is 7.89. The van der Waals surface area contributed by atoms with Crippen LogP contribution < -0.4 is 0 Å². The van der Waals surface area contributed by atoms with Crippen LogP contribution in [-0.4, -0.2) is 22.1 Å². The Morgan fingerprint density at radius 2 is 2.18 bits per heavy atom. The van der Waals surface area contributed by atoms with Gasteiger partial charge in [0.2, 0.25) is 0 Å². The van der Waals surface area contributed by atoms with Crippen LogP contribution in [0.3, 0.4) is 0 Å². The smallest absolute Gasteiger partial charge is 0.364 e. The number of aliphatic hydroxyl groups excluding tert-OH is 1. The molecule has 0 amide bonds. The highest BCUT2D eigenvalue weighted by molar-refractivity contribution is 7.96. The van der Waals surface area contributed by atoms with Crippen molar-refractivity contribution in [3.8, 4) is 0 Å². The predicted octanol–water partition coefficient (Wildman–Crippen LogP) is 1.60. The minimum absolute atomic E-state index is 0.416. The summed E-state index contributed by atoms with van der Waals surface area (Å²) in [6, 6.07) is 0. The average Bonchev–Trinajstić information content (AvgIpc) is 1.53. The molecule has 0 unspecified atom stereocenters. The molecule has 0 aromatic carbocycles. The van der Waals surface area contributed by atoms with Gasteiger partial charge in [0, 0.05) is 6.42 Å². The molecule has 0 aliphatic rings. The van der Waals surface area contributed by atoms with Crippen LogP contribution in [0.5, 0.6) is 0 Å². The maximum atomic E-state index is 10.4. The van der Waals surface area contributed by atoms with E-state index in [1.54, 1.807) is 20.8 Å². The predicted molar refractivity (Wildman–Crippen MR) is 45.8 cm³/mol. The van der Waals surface area contributed by atoms with E-state index in [1.165, 1.54) is 0 Å². The Kier molecular flexibility index (Phi) is 3.89. The molecule has 0 spiro atoms. The van der Waals surface area contributed by atoms with Crippen molar-refractivity contribution in [3.05, 3.63) is 0 Å². The fourth-order valence-corrected chi connectivity index (χ4v) is 1.24. The quantitative estimate of drug-likeness (QED) is 0.509. The summed E-state index contributed by atoms with van der Waals surface area (Å²) in [6.07, 6.45) is -0.0584. The maximum Gasteiger partial charge on any atom is 0.364 e. The Labute approximate surface area is 72.2 Å². The largest absolute Gasteiger partial charge is 0.452 e. The molecule has 0 aromatic rings. The molecule has 3 nitrogen and oxygen atoms in total. The molecule has 0 radical (unpaired) electrons. The van der Waals surface area contributed by atoms with E-state index in [1.807, 2.05) is 0 Å². The lowest BCUT2D eigenvalue weighted by Crippen LogP contribution is -2.29. The second-order valence-electron chi connectivity index (χ2n) is 3.18. The average molecular weight is 178 g/mol. The zero-order valence-electron chi connectivity index (χ0n) is 7.00. The summed E-state index contributed by atoms with van der Waals surface area (Å²) in [4.78, 5) is 10.4. The SMILES string of the molecule is C[C@H](O)CC(C)(C)OC(=O)S. The first-order valence-corrected chi connectivity index (χ1v) is 3.88. The number of hydrogen-bond acceptors (Lipinski definition) is 3. The summed E-state index contributed by atoms with van der Waals surface area (Å²) in [5, 5.41) is 8.37.